The van der Waals surface area contributed by atoms with E-state index >= 15 is 0 Å². The first-order chi connectivity index (χ1) is 8.71. The minimum absolute atomic E-state index is 0.0143. The molecule has 0 aromatic heterocycles. The van der Waals surface area contributed by atoms with Crippen LogP contribution in [0.3, 0.4) is 0 Å². The predicted molar refractivity (Wildman–Crippen MR) is 66.6 cm³/mol. The summed E-state index contributed by atoms with van der Waals surface area (Å²) >= 11 is 0. The molecule has 1 aliphatic heterocycles. The van der Waals surface area contributed by atoms with E-state index in [0.29, 0.717) is 12.5 Å². The smallest absolute Gasteiger partial charge is 0.312 e. The number of rotatable bonds is 0. The topological polar surface area (TPSA) is 26.3 Å². The van der Waals surface area contributed by atoms with E-state index in [0.717, 1.165) is 41.9 Å². The van der Waals surface area contributed by atoms with Crippen LogP contribution < -0.4 is 0 Å². The van der Waals surface area contributed by atoms with Crippen molar-refractivity contribution in [2.45, 2.75) is 39.0 Å². The van der Waals surface area contributed by atoms with E-state index in [2.05, 4.69) is 6.92 Å². The van der Waals surface area contributed by atoms with Crippen LogP contribution in [0.15, 0.2) is 0 Å². The molecule has 4 saturated carbocycles. The minimum atomic E-state index is -0.0143. The molecule has 2 heteroatoms. The number of hydrogen-bond donors (Lipinski definition) is 0. The molecule has 18 heavy (non-hydrogen) atoms. The van der Waals surface area contributed by atoms with Gasteiger partial charge in [0.05, 0.1) is 12.0 Å². The second kappa shape index (κ2) is 2.96. The van der Waals surface area contributed by atoms with E-state index < -0.39 is 0 Å². The summed E-state index contributed by atoms with van der Waals surface area (Å²) in [6, 6.07) is 0. The summed E-state index contributed by atoms with van der Waals surface area (Å²) in [5, 5.41) is 0. The molecule has 1 saturated heterocycles. The van der Waals surface area contributed by atoms with Crippen molar-refractivity contribution in [1.29, 1.82) is 0 Å². The zero-order valence-electron chi connectivity index (χ0n) is 11.1. The van der Waals surface area contributed by atoms with Crippen LogP contribution in [-0.4, -0.2) is 12.6 Å². The van der Waals surface area contributed by atoms with Gasteiger partial charge in [0, 0.05) is 0 Å². The Labute approximate surface area is 108 Å². The molecule has 2 nitrogen and oxygen atoms in total. The Morgan fingerprint density at radius 2 is 2.06 bits per heavy atom. The zero-order valence-corrected chi connectivity index (χ0v) is 11.1. The van der Waals surface area contributed by atoms with Crippen LogP contribution in [0, 0.1) is 46.8 Å². The second-order valence-electron chi connectivity index (χ2n) is 7.88. The van der Waals surface area contributed by atoms with Gasteiger partial charge in [0.25, 0.3) is 0 Å². The quantitative estimate of drug-likeness (QED) is 0.485. The largest absolute Gasteiger partial charge is 0.465 e. The molecule has 98 valence electrons. The molecule has 0 aromatic carbocycles. The molecule has 4 bridgehead atoms. The molecule has 8 atom stereocenters. The van der Waals surface area contributed by atoms with Crippen LogP contribution in [-0.2, 0) is 9.53 Å². The standard InChI is InChI=1S/C16H22O2/c1-8-4-9-5-11(8)13-10-6-12(14(9)13)16(7-10)2-3-18-15(16)17/h8-14H,2-7H2,1H3. The number of carbonyl (C=O) groups is 1. The summed E-state index contributed by atoms with van der Waals surface area (Å²) in [6.07, 6.45) is 6.48. The molecule has 0 N–H and O–H groups in total. The first-order valence-corrected chi connectivity index (χ1v) is 7.88. The normalized spacial score (nSPS) is 63.8. The first-order valence-electron chi connectivity index (χ1n) is 7.88. The monoisotopic (exact) mass is 246 g/mol. The summed E-state index contributed by atoms with van der Waals surface area (Å²) in [5.41, 5.74) is -0.0143. The number of esters is 1. The van der Waals surface area contributed by atoms with Crippen molar-refractivity contribution in [3.8, 4) is 0 Å². The van der Waals surface area contributed by atoms with E-state index in [1.807, 2.05) is 0 Å². The molecule has 0 radical (unpaired) electrons. The average molecular weight is 246 g/mol. The van der Waals surface area contributed by atoms with Crippen LogP contribution >= 0.6 is 0 Å². The third-order valence-electron chi connectivity index (χ3n) is 7.55. The van der Waals surface area contributed by atoms with Gasteiger partial charge in [-0.3, -0.25) is 4.79 Å². The maximum Gasteiger partial charge on any atom is 0.312 e. The highest BCUT2D eigenvalue weighted by molar-refractivity contribution is 5.80. The Balaban J connectivity index is 1.55. The van der Waals surface area contributed by atoms with E-state index in [-0.39, 0.29) is 11.4 Å². The van der Waals surface area contributed by atoms with Crippen LogP contribution in [0.5, 0.6) is 0 Å². The fraction of sp³-hybridized carbons (Fsp3) is 0.938. The number of hydrogen-bond acceptors (Lipinski definition) is 2. The van der Waals surface area contributed by atoms with E-state index in [4.69, 9.17) is 4.74 Å². The van der Waals surface area contributed by atoms with Crippen molar-refractivity contribution in [2.24, 2.45) is 46.8 Å². The molecule has 4 aliphatic carbocycles. The summed E-state index contributed by atoms with van der Waals surface area (Å²) in [6.45, 7) is 3.16. The number of cyclic esters (lactones) is 1. The SMILES string of the molecule is CC1CC2CC1C1C3CC(C21)C1(CCOC1=O)C3. The maximum absolute atomic E-state index is 12.2. The third-order valence-corrected chi connectivity index (χ3v) is 7.55. The van der Waals surface area contributed by atoms with Gasteiger partial charge in [0.1, 0.15) is 0 Å². The van der Waals surface area contributed by atoms with Gasteiger partial charge in [0.15, 0.2) is 0 Å². The van der Waals surface area contributed by atoms with Gasteiger partial charge in [0.2, 0.25) is 0 Å². The Hall–Kier alpha value is -0.530. The molecule has 0 amide bonds. The van der Waals surface area contributed by atoms with E-state index in [9.17, 15) is 4.79 Å². The Bertz CT molecular complexity index is 431. The molecule has 5 fully saturated rings. The van der Waals surface area contributed by atoms with Gasteiger partial charge in [-0.05, 0) is 73.5 Å². The van der Waals surface area contributed by atoms with Crippen LogP contribution in [0.25, 0.3) is 0 Å². The molecule has 1 spiro atoms. The fourth-order valence-corrected chi connectivity index (χ4v) is 7.21. The fourth-order valence-electron chi connectivity index (χ4n) is 7.21. The lowest BCUT2D eigenvalue weighted by Gasteiger charge is -2.43. The second-order valence-corrected chi connectivity index (χ2v) is 7.88. The minimum Gasteiger partial charge on any atom is -0.465 e. The van der Waals surface area contributed by atoms with Crippen molar-refractivity contribution in [1.82, 2.24) is 0 Å². The number of ether oxygens (including phenoxy) is 1. The average Bonchev–Trinajstić information content (AvgIpc) is 3.05. The molecule has 8 unspecified atom stereocenters. The van der Waals surface area contributed by atoms with Crippen LogP contribution in [0.2, 0.25) is 0 Å². The Morgan fingerprint density at radius 1 is 1.17 bits per heavy atom. The molecule has 5 rings (SSSR count). The van der Waals surface area contributed by atoms with Crippen molar-refractivity contribution < 1.29 is 9.53 Å². The van der Waals surface area contributed by atoms with Gasteiger partial charge >= 0.3 is 5.97 Å². The molecular weight excluding hydrogens is 224 g/mol. The summed E-state index contributed by atoms with van der Waals surface area (Å²) in [4.78, 5) is 12.2. The first kappa shape index (κ1) is 10.3. The Kier molecular flexibility index (Phi) is 1.69. The summed E-state index contributed by atoms with van der Waals surface area (Å²) in [7, 11) is 0. The lowest BCUT2D eigenvalue weighted by atomic mass is 9.59. The van der Waals surface area contributed by atoms with Gasteiger partial charge in [-0.15, -0.1) is 0 Å². The van der Waals surface area contributed by atoms with Gasteiger partial charge in [-0.25, -0.2) is 0 Å². The predicted octanol–water partition coefficient (Wildman–Crippen LogP) is 2.87. The lowest BCUT2D eigenvalue weighted by molar-refractivity contribution is -0.151. The maximum atomic E-state index is 12.2. The van der Waals surface area contributed by atoms with Crippen molar-refractivity contribution in [3.05, 3.63) is 0 Å². The van der Waals surface area contributed by atoms with Gasteiger partial charge in [-0.2, -0.15) is 0 Å². The van der Waals surface area contributed by atoms with Crippen molar-refractivity contribution in [3.63, 3.8) is 0 Å². The summed E-state index contributed by atoms with van der Waals surface area (Å²) < 4.78 is 5.35. The third kappa shape index (κ3) is 0.916. The lowest BCUT2D eigenvalue weighted by Crippen LogP contribution is -2.43. The van der Waals surface area contributed by atoms with E-state index in [1.165, 1.54) is 25.7 Å². The van der Waals surface area contributed by atoms with E-state index in [1.54, 1.807) is 0 Å². The highest BCUT2D eigenvalue weighted by Gasteiger charge is 2.71. The Morgan fingerprint density at radius 3 is 2.83 bits per heavy atom. The molecule has 5 aliphatic rings. The molecule has 1 heterocycles. The number of carbonyl (C=O) groups excluding carboxylic acids is 1. The van der Waals surface area contributed by atoms with Crippen LogP contribution in [0.4, 0.5) is 0 Å². The van der Waals surface area contributed by atoms with Gasteiger partial charge < -0.3 is 4.74 Å². The van der Waals surface area contributed by atoms with Crippen molar-refractivity contribution in [2.75, 3.05) is 6.61 Å². The van der Waals surface area contributed by atoms with Crippen molar-refractivity contribution >= 4 is 5.97 Å². The molecule has 0 aromatic rings. The highest BCUT2D eigenvalue weighted by atomic mass is 16.5. The highest BCUT2D eigenvalue weighted by Crippen LogP contribution is 2.74. The summed E-state index contributed by atoms with van der Waals surface area (Å²) in [5.74, 6) is 6.54. The molecular formula is C16H22O2. The number of fused-ring (bicyclic) bond motifs is 10. The van der Waals surface area contributed by atoms with Gasteiger partial charge in [-0.1, -0.05) is 6.92 Å². The zero-order chi connectivity index (χ0) is 12.1. The van der Waals surface area contributed by atoms with Crippen LogP contribution in [0.1, 0.15) is 39.0 Å².